The first kappa shape index (κ1) is 13.6. The molecule has 1 aromatic rings. The van der Waals surface area contributed by atoms with Gasteiger partial charge in [-0.25, -0.2) is 0 Å². The van der Waals surface area contributed by atoms with Crippen molar-refractivity contribution in [1.82, 2.24) is 0 Å². The van der Waals surface area contributed by atoms with Gasteiger partial charge in [0.25, 0.3) is 0 Å². The van der Waals surface area contributed by atoms with Crippen LogP contribution in [0.1, 0.15) is 44.7 Å². The number of aliphatic hydroxyl groups excluding tert-OH is 1. The van der Waals surface area contributed by atoms with Gasteiger partial charge in [0.1, 0.15) is 5.76 Å². The maximum atomic E-state index is 11.1. The fourth-order valence-electron chi connectivity index (χ4n) is 2.13. The Hall–Kier alpha value is -1.83. The predicted octanol–water partition coefficient (Wildman–Crippen LogP) is 4.17. The highest BCUT2D eigenvalue weighted by molar-refractivity contribution is 5.92. The summed E-state index contributed by atoms with van der Waals surface area (Å²) in [5.41, 5.74) is 2.99. The summed E-state index contributed by atoms with van der Waals surface area (Å²) in [4.78, 5) is 11.1. The Labute approximate surface area is 114 Å². The van der Waals surface area contributed by atoms with Crippen LogP contribution in [0.2, 0.25) is 0 Å². The van der Waals surface area contributed by atoms with Gasteiger partial charge in [-0.1, -0.05) is 51.1 Å². The molecule has 1 aliphatic rings. The lowest BCUT2D eigenvalue weighted by Gasteiger charge is -2.19. The van der Waals surface area contributed by atoms with Crippen molar-refractivity contribution in [3.8, 4) is 0 Å². The summed E-state index contributed by atoms with van der Waals surface area (Å²) in [5, 5.41) is 10.2. The molecular formula is C17H20O2. The monoisotopic (exact) mass is 256 g/mol. The molecule has 2 nitrogen and oxygen atoms in total. The number of ketones is 1. The van der Waals surface area contributed by atoms with Gasteiger partial charge < -0.3 is 5.11 Å². The zero-order valence-corrected chi connectivity index (χ0v) is 11.7. The van der Waals surface area contributed by atoms with Crippen LogP contribution in [-0.4, -0.2) is 10.9 Å². The van der Waals surface area contributed by atoms with Gasteiger partial charge in [0.05, 0.1) is 0 Å². The Balaban J connectivity index is 2.30. The smallest absolute Gasteiger partial charge is 0.156 e. The quantitative estimate of drug-likeness (QED) is 0.766. The minimum absolute atomic E-state index is 0.110. The zero-order valence-electron chi connectivity index (χ0n) is 11.7. The Kier molecular flexibility index (Phi) is 3.61. The molecule has 0 spiro atoms. The van der Waals surface area contributed by atoms with Crippen LogP contribution >= 0.6 is 0 Å². The summed E-state index contributed by atoms with van der Waals surface area (Å²) in [6, 6.07) is 7.97. The molecule has 0 radical (unpaired) electrons. The Morgan fingerprint density at radius 2 is 1.68 bits per heavy atom. The first-order valence-corrected chi connectivity index (χ1v) is 6.62. The van der Waals surface area contributed by atoms with Crippen LogP contribution < -0.4 is 0 Å². The summed E-state index contributed by atoms with van der Waals surface area (Å²) in [6.07, 6.45) is 4.36. The SMILES string of the molecule is CC(C)(C)c1ccc(C(O)=C2C=CC(=O)CC2)cc1. The number of hydrogen-bond donors (Lipinski definition) is 1. The number of hydrogen-bond acceptors (Lipinski definition) is 2. The van der Waals surface area contributed by atoms with Crippen LogP contribution in [0.4, 0.5) is 0 Å². The summed E-state index contributed by atoms with van der Waals surface area (Å²) < 4.78 is 0. The van der Waals surface area contributed by atoms with Gasteiger partial charge >= 0.3 is 0 Å². The fourth-order valence-corrected chi connectivity index (χ4v) is 2.13. The van der Waals surface area contributed by atoms with Crippen molar-refractivity contribution in [3.63, 3.8) is 0 Å². The van der Waals surface area contributed by atoms with Crippen LogP contribution in [0.15, 0.2) is 42.0 Å². The lowest BCUT2D eigenvalue weighted by atomic mass is 9.86. The van der Waals surface area contributed by atoms with Crippen molar-refractivity contribution in [1.29, 1.82) is 0 Å². The molecule has 0 saturated carbocycles. The second kappa shape index (κ2) is 5.04. The van der Waals surface area contributed by atoms with E-state index in [2.05, 4.69) is 20.8 Å². The first-order valence-electron chi connectivity index (χ1n) is 6.62. The first-order chi connectivity index (χ1) is 8.88. The normalized spacial score (nSPS) is 18.6. The highest BCUT2D eigenvalue weighted by atomic mass is 16.3. The average molecular weight is 256 g/mol. The van der Waals surface area contributed by atoms with Gasteiger partial charge in [-0.05, 0) is 29.0 Å². The van der Waals surface area contributed by atoms with E-state index in [-0.39, 0.29) is 17.0 Å². The van der Waals surface area contributed by atoms with E-state index in [0.29, 0.717) is 12.8 Å². The van der Waals surface area contributed by atoms with Gasteiger partial charge in [-0.15, -0.1) is 0 Å². The Morgan fingerprint density at radius 3 is 2.16 bits per heavy atom. The molecule has 0 heterocycles. The van der Waals surface area contributed by atoms with Crippen molar-refractivity contribution >= 4 is 11.5 Å². The third kappa shape index (κ3) is 3.14. The van der Waals surface area contributed by atoms with Gasteiger partial charge in [0.15, 0.2) is 5.78 Å². The third-order valence-electron chi connectivity index (χ3n) is 3.44. The largest absolute Gasteiger partial charge is 0.507 e. The molecule has 0 atom stereocenters. The molecule has 0 amide bonds. The van der Waals surface area contributed by atoms with Gasteiger partial charge in [0.2, 0.25) is 0 Å². The van der Waals surface area contributed by atoms with E-state index in [4.69, 9.17) is 0 Å². The Bertz CT molecular complexity index is 540. The second-order valence-corrected chi connectivity index (χ2v) is 6.00. The van der Waals surface area contributed by atoms with Gasteiger partial charge in [-0.2, -0.15) is 0 Å². The van der Waals surface area contributed by atoms with E-state index in [1.165, 1.54) is 5.56 Å². The molecule has 100 valence electrons. The molecule has 0 fully saturated rings. The van der Waals surface area contributed by atoms with Crippen molar-refractivity contribution in [2.24, 2.45) is 0 Å². The van der Waals surface area contributed by atoms with Crippen molar-refractivity contribution < 1.29 is 9.90 Å². The predicted molar refractivity (Wildman–Crippen MR) is 78.1 cm³/mol. The molecule has 0 aliphatic heterocycles. The lowest BCUT2D eigenvalue weighted by Crippen LogP contribution is -2.10. The third-order valence-corrected chi connectivity index (χ3v) is 3.44. The van der Waals surface area contributed by atoms with Gasteiger partial charge in [-0.3, -0.25) is 4.79 Å². The average Bonchev–Trinajstić information content (AvgIpc) is 2.38. The molecule has 1 aromatic carbocycles. The van der Waals surface area contributed by atoms with Gasteiger partial charge in [0, 0.05) is 12.0 Å². The molecule has 0 aromatic heterocycles. The second-order valence-electron chi connectivity index (χ2n) is 6.00. The van der Waals surface area contributed by atoms with E-state index >= 15 is 0 Å². The maximum absolute atomic E-state index is 11.1. The van der Waals surface area contributed by atoms with Crippen LogP contribution in [-0.2, 0) is 10.2 Å². The minimum Gasteiger partial charge on any atom is -0.507 e. The molecule has 0 saturated heterocycles. The molecule has 0 bridgehead atoms. The summed E-state index contributed by atoms with van der Waals surface area (Å²) >= 11 is 0. The van der Waals surface area contributed by atoms with Crippen LogP contribution in [0, 0.1) is 0 Å². The molecule has 1 N–H and O–H groups in total. The van der Waals surface area contributed by atoms with Crippen LogP contribution in [0.3, 0.4) is 0 Å². The van der Waals surface area contributed by atoms with E-state index in [0.717, 1.165) is 11.1 Å². The maximum Gasteiger partial charge on any atom is 0.156 e. The molecule has 2 heteroatoms. The standard InChI is InChI=1S/C17H20O2/c1-17(2,3)14-8-4-12(5-9-14)16(19)13-6-10-15(18)11-7-13/h4-6,8-10,19H,7,11H2,1-3H3. The van der Waals surface area contributed by atoms with Crippen molar-refractivity contribution in [3.05, 3.63) is 53.1 Å². The number of carbonyl (C=O) groups is 1. The fraction of sp³-hybridized carbons (Fsp3) is 0.353. The molecule has 19 heavy (non-hydrogen) atoms. The van der Waals surface area contributed by atoms with E-state index in [9.17, 15) is 9.90 Å². The van der Waals surface area contributed by atoms with Crippen LogP contribution in [0.5, 0.6) is 0 Å². The van der Waals surface area contributed by atoms with E-state index in [1.54, 1.807) is 12.2 Å². The minimum atomic E-state index is 0.110. The van der Waals surface area contributed by atoms with Crippen molar-refractivity contribution in [2.75, 3.05) is 0 Å². The number of benzene rings is 1. The summed E-state index contributed by atoms with van der Waals surface area (Å²) in [6.45, 7) is 6.49. The highest BCUT2D eigenvalue weighted by Gasteiger charge is 2.15. The van der Waals surface area contributed by atoms with Crippen LogP contribution in [0.25, 0.3) is 5.76 Å². The zero-order chi connectivity index (χ0) is 14.0. The Morgan fingerprint density at radius 1 is 1.05 bits per heavy atom. The number of allylic oxidation sites excluding steroid dienone is 3. The summed E-state index contributed by atoms with van der Waals surface area (Å²) in [5.74, 6) is 0.406. The molecule has 1 aliphatic carbocycles. The topological polar surface area (TPSA) is 37.3 Å². The van der Waals surface area contributed by atoms with E-state index < -0.39 is 0 Å². The lowest BCUT2D eigenvalue weighted by molar-refractivity contribution is -0.114. The number of rotatable bonds is 1. The van der Waals surface area contributed by atoms with E-state index in [1.807, 2.05) is 24.3 Å². The summed E-state index contributed by atoms with van der Waals surface area (Å²) in [7, 11) is 0. The number of aliphatic hydroxyl groups is 1. The van der Waals surface area contributed by atoms with Crippen molar-refractivity contribution in [2.45, 2.75) is 39.0 Å². The highest BCUT2D eigenvalue weighted by Crippen LogP contribution is 2.27. The molecule has 0 unspecified atom stereocenters. The molecule has 2 rings (SSSR count). The number of carbonyl (C=O) groups excluding carboxylic acids is 1. The molecular weight excluding hydrogens is 236 g/mol.